The summed E-state index contributed by atoms with van der Waals surface area (Å²) in [4.78, 5) is 12.6. The molecule has 1 aromatic rings. The summed E-state index contributed by atoms with van der Waals surface area (Å²) in [5.74, 6) is 2.84. The van der Waals surface area contributed by atoms with Gasteiger partial charge in [0.05, 0.1) is 5.56 Å². The van der Waals surface area contributed by atoms with Crippen LogP contribution >= 0.6 is 0 Å². The monoisotopic (exact) mass is 284 g/mol. The molecule has 0 spiro atoms. The third kappa shape index (κ3) is 2.11. The zero-order valence-corrected chi connectivity index (χ0v) is 13.0. The fraction of sp³-hybridized carbons (Fsp3) is 0.632. The maximum absolute atomic E-state index is 12.6. The molecule has 2 heteroatoms. The van der Waals surface area contributed by atoms with Crippen molar-refractivity contribution in [2.45, 2.75) is 51.6 Å². The number of esters is 1. The van der Waals surface area contributed by atoms with Crippen LogP contribution in [-0.4, -0.2) is 11.6 Å². The molecule has 2 nitrogen and oxygen atoms in total. The summed E-state index contributed by atoms with van der Waals surface area (Å²) < 4.78 is 6.12. The third-order valence-electron chi connectivity index (χ3n) is 6.33. The number of ether oxygens (including phenoxy) is 1. The van der Waals surface area contributed by atoms with Gasteiger partial charge < -0.3 is 4.74 Å². The molecular formula is C19H24O2. The molecule has 0 heterocycles. The van der Waals surface area contributed by atoms with Crippen molar-refractivity contribution in [3.8, 4) is 0 Å². The van der Waals surface area contributed by atoms with E-state index < -0.39 is 0 Å². The molecule has 112 valence electrons. The average Bonchev–Trinajstić information content (AvgIpc) is 2.44. The summed E-state index contributed by atoms with van der Waals surface area (Å²) in [6, 6.07) is 7.75. The Morgan fingerprint density at radius 1 is 1.10 bits per heavy atom. The highest BCUT2D eigenvalue weighted by Gasteiger charge is 2.57. The molecule has 0 unspecified atom stereocenters. The molecule has 0 radical (unpaired) electrons. The first-order chi connectivity index (χ1) is 10.0. The Morgan fingerprint density at radius 3 is 2.29 bits per heavy atom. The Balaban J connectivity index is 1.57. The molecule has 4 bridgehead atoms. The van der Waals surface area contributed by atoms with Crippen molar-refractivity contribution < 1.29 is 9.53 Å². The van der Waals surface area contributed by atoms with Crippen molar-refractivity contribution >= 4 is 5.97 Å². The van der Waals surface area contributed by atoms with E-state index in [0.29, 0.717) is 17.4 Å². The molecule has 0 atom stereocenters. The number of carbonyl (C=O) groups is 1. The Labute approximate surface area is 126 Å². The minimum atomic E-state index is -0.228. The number of rotatable bonds is 2. The van der Waals surface area contributed by atoms with Crippen molar-refractivity contribution in [1.82, 2.24) is 0 Å². The van der Waals surface area contributed by atoms with Crippen LogP contribution in [0.1, 0.15) is 54.9 Å². The van der Waals surface area contributed by atoms with E-state index in [2.05, 4.69) is 6.92 Å². The fourth-order valence-corrected chi connectivity index (χ4v) is 5.32. The van der Waals surface area contributed by atoms with Gasteiger partial charge in [0.15, 0.2) is 0 Å². The highest BCUT2D eigenvalue weighted by molar-refractivity contribution is 5.89. The van der Waals surface area contributed by atoms with Crippen molar-refractivity contribution in [3.63, 3.8) is 0 Å². The van der Waals surface area contributed by atoms with E-state index in [1.807, 2.05) is 31.2 Å². The van der Waals surface area contributed by atoms with Gasteiger partial charge in [-0.15, -0.1) is 0 Å². The topological polar surface area (TPSA) is 26.3 Å². The molecule has 0 N–H and O–H groups in total. The van der Waals surface area contributed by atoms with Gasteiger partial charge in [0, 0.05) is 0 Å². The Hall–Kier alpha value is -1.31. The number of carbonyl (C=O) groups excluding carboxylic acids is 1. The molecule has 4 fully saturated rings. The average molecular weight is 284 g/mol. The van der Waals surface area contributed by atoms with Gasteiger partial charge in [0.25, 0.3) is 0 Å². The summed E-state index contributed by atoms with van der Waals surface area (Å²) in [5.41, 5.74) is 1.58. The van der Waals surface area contributed by atoms with Gasteiger partial charge in [-0.1, -0.05) is 17.7 Å². The van der Waals surface area contributed by atoms with E-state index in [1.54, 1.807) is 0 Å². The van der Waals surface area contributed by atoms with Gasteiger partial charge in [-0.05, 0) is 81.8 Å². The van der Waals surface area contributed by atoms with Gasteiger partial charge in [-0.3, -0.25) is 0 Å². The number of hydrogen-bond acceptors (Lipinski definition) is 2. The van der Waals surface area contributed by atoms with E-state index in [0.717, 1.165) is 17.4 Å². The second-order valence-electron chi connectivity index (χ2n) is 7.75. The molecule has 1 aromatic carbocycles. The first-order valence-corrected chi connectivity index (χ1v) is 8.34. The van der Waals surface area contributed by atoms with Crippen molar-refractivity contribution in [3.05, 3.63) is 35.4 Å². The molecule has 4 aliphatic carbocycles. The molecule has 0 aliphatic heterocycles. The minimum Gasteiger partial charge on any atom is -0.455 e. The minimum absolute atomic E-state index is 0.131. The van der Waals surface area contributed by atoms with Gasteiger partial charge in [-0.25, -0.2) is 4.79 Å². The summed E-state index contributed by atoms with van der Waals surface area (Å²) in [6.07, 6.45) is 6.50. The van der Waals surface area contributed by atoms with E-state index in [4.69, 9.17) is 4.74 Å². The molecule has 0 aromatic heterocycles. The highest BCUT2D eigenvalue weighted by atomic mass is 16.6. The highest BCUT2D eigenvalue weighted by Crippen LogP contribution is 2.59. The standard InChI is InChI=1S/C19H24O2/c1-12-4-3-5-15(6-12)18(20)21-19(2)16-8-13-7-14(10-16)11-17(19)9-13/h3-6,13-14,16-17H,7-11H2,1-2H3. The van der Waals surface area contributed by atoms with E-state index in [9.17, 15) is 4.79 Å². The lowest BCUT2D eigenvalue weighted by Gasteiger charge is -2.59. The van der Waals surface area contributed by atoms with Crippen LogP contribution in [0.5, 0.6) is 0 Å². The second-order valence-corrected chi connectivity index (χ2v) is 7.75. The van der Waals surface area contributed by atoms with Gasteiger partial charge in [-0.2, -0.15) is 0 Å². The van der Waals surface area contributed by atoms with Crippen LogP contribution in [0.3, 0.4) is 0 Å². The zero-order valence-electron chi connectivity index (χ0n) is 13.0. The van der Waals surface area contributed by atoms with Crippen molar-refractivity contribution in [2.24, 2.45) is 23.7 Å². The van der Waals surface area contributed by atoms with Gasteiger partial charge in [0.2, 0.25) is 0 Å². The van der Waals surface area contributed by atoms with E-state index >= 15 is 0 Å². The van der Waals surface area contributed by atoms with Crippen LogP contribution in [0.25, 0.3) is 0 Å². The molecule has 21 heavy (non-hydrogen) atoms. The molecule has 0 amide bonds. The first-order valence-electron chi connectivity index (χ1n) is 8.34. The van der Waals surface area contributed by atoms with E-state index in [1.165, 1.54) is 32.1 Å². The van der Waals surface area contributed by atoms with Gasteiger partial charge >= 0.3 is 5.97 Å². The predicted molar refractivity (Wildman–Crippen MR) is 82.0 cm³/mol. The summed E-state index contributed by atoms with van der Waals surface area (Å²) in [5, 5.41) is 0. The lowest BCUT2D eigenvalue weighted by atomic mass is 9.50. The predicted octanol–water partition coefficient (Wildman–Crippen LogP) is 4.37. The van der Waals surface area contributed by atoms with Crippen LogP contribution in [0.4, 0.5) is 0 Å². The largest absolute Gasteiger partial charge is 0.455 e. The maximum Gasteiger partial charge on any atom is 0.338 e. The third-order valence-corrected chi connectivity index (χ3v) is 6.33. The normalized spacial score (nSPS) is 40.3. The van der Waals surface area contributed by atoms with Crippen LogP contribution in [0.15, 0.2) is 24.3 Å². The van der Waals surface area contributed by atoms with Crippen LogP contribution < -0.4 is 0 Å². The van der Waals surface area contributed by atoms with Crippen LogP contribution in [-0.2, 0) is 4.74 Å². The number of hydrogen-bond donors (Lipinski definition) is 0. The smallest absolute Gasteiger partial charge is 0.338 e. The molecular weight excluding hydrogens is 260 g/mol. The quantitative estimate of drug-likeness (QED) is 0.754. The Bertz CT molecular complexity index is 547. The fourth-order valence-electron chi connectivity index (χ4n) is 5.32. The SMILES string of the molecule is Cc1cccc(C(=O)OC2(C)C3CC4CC(C3)CC2C4)c1. The molecule has 0 saturated heterocycles. The first kappa shape index (κ1) is 13.4. The zero-order chi connectivity index (χ0) is 14.6. The molecule has 4 aliphatic rings. The molecule has 5 rings (SSSR count). The number of benzene rings is 1. The maximum atomic E-state index is 12.6. The van der Waals surface area contributed by atoms with Crippen molar-refractivity contribution in [1.29, 1.82) is 0 Å². The summed E-state index contributed by atoms with van der Waals surface area (Å²) in [6.45, 7) is 4.22. The lowest BCUT2D eigenvalue weighted by molar-refractivity contribution is -0.165. The Kier molecular flexibility index (Phi) is 2.92. The van der Waals surface area contributed by atoms with Gasteiger partial charge in [0.1, 0.15) is 5.60 Å². The lowest BCUT2D eigenvalue weighted by Crippen LogP contribution is -2.58. The number of aryl methyl sites for hydroxylation is 1. The van der Waals surface area contributed by atoms with E-state index in [-0.39, 0.29) is 11.6 Å². The summed E-state index contributed by atoms with van der Waals surface area (Å²) >= 11 is 0. The summed E-state index contributed by atoms with van der Waals surface area (Å²) in [7, 11) is 0. The molecule has 4 saturated carbocycles. The van der Waals surface area contributed by atoms with Crippen LogP contribution in [0.2, 0.25) is 0 Å². The van der Waals surface area contributed by atoms with Crippen LogP contribution in [0, 0.1) is 30.6 Å². The van der Waals surface area contributed by atoms with Crippen molar-refractivity contribution in [2.75, 3.05) is 0 Å². The Morgan fingerprint density at radius 2 is 1.71 bits per heavy atom. The second kappa shape index (κ2) is 4.59.